The fraction of sp³-hybridized carbons (Fsp3) is 0.250. The molecule has 1 aliphatic rings. The molecule has 0 N–H and O–H groups in total. The van der Waals surface area contributed by atoms with Gasteiger partial charge in [0, 0.05) is 36.1 Å². The molecule has 0 radical (unpaired) electrons. The van der Waals surface area contributed by atoms with Gasteiger partial charge in [-0.05, 0) is 30.5 Å². The van der Waals surface area contributed by atoms with Crippen LogP contribution in [0.5, 0.6) is 0 Å². The zero-order valence-corrected chi connectivity index (χ0v) is 11.7. The zero-order chi connectivity index (χ0) is 12.1. The fourth-order valence-electron chi connectivity index (χ4n) is 2.99. The Balaban J connectivity index is 0.00000110. The van der Waals surface area contributed by atoms with Gasteiger partial charge in [-0.25, -0.2) is 0 Å². The van der Waals surface area contributed by atoms with E-state index in [9.17, 15) is 0 Å². The summed E-state index contributed by atoms with van der Waals surface area (Å²) in [6, 6.07) is 12.8. The number of rotatable bonds is 0. The molecular formula is C16H16ClNO. The summed E-state index contributed by atoms with van der Waals surface area (Å²) < 4.78 is 5.94. The van der Waals surface area contributed by atoms with E-state index in [0.717, 1.165) is 17.7 Å². The first-order chi connectivity index (χ1) is 8.83. The van der Waals surface area contributed by atoms with Crippen LogP contribution in [0.3, 0.4) is 0 Å². The number of hydrogen-bond acceptors (Lipinski definition) is 2. The third kappa shape index (κ3) is 1.79. The van der Waals surface area contributed by atoms with Crippen LogP contribution in [0.4, 0.5) is 5.69 Å². The maximum Gasteiger partial charge on any atom is 0.137 e. The van der Waals surface area contributed by atoms with Gasteiger partial charge in [-0.2, -0.15) is 0 Å². The van der Waals surface area contributed by atoms with Gasteiger partial charge in [0.05, 0.1) is 0 Å². The first kappa shape index (κ1) is 12.4. The Morgan fingerprint density at radius 2 is 1.89 bits per heavy atom. The van der Waals surface area contributed by atoms with Gasteiger partial charge < -0.3 is 9.32 Å². The predicted molar refractivity (Wildman–Crippen MR) is 82.6 cm³/mol. The minimum Gasteiger partial charge on any atom is -0.456 e. The fourth-order valence-corrected chi connectivity index (χ4v) is 2.99. The highest BCUT2D eigenvalue weighted by molar-refractivity contribution is 6.06. The highest BCUT2D eigenvalue weighted by Gasteiger charge is 2.17. The standard InChI is InChI=1S/C16H15NO.ClH/c1-17-8-4-5-11-9-13-12-6-2-3-7-15(12)18-16(13)10-14(11)17;/h2-3,6-7,9-10H,4-5,8H2,1H3;1H. The molecule has 0 saturated heterocycles. The van der Waals surface area contributed by atoms with E-state index in [1.54, 1.807) is 0 Å². The SMILES string of the molecule is CN1CCCc2cc3c(cc21)oc1ccccc13.Cl. The molecule has 0 bridgehead atoms. The quantitative estimate of drug-likeness (QED) is 0.604. The Morgan fingerprint density at radius 1 is 1.05 bits per heavy atom. The van der Waals surface area contributed by atoms with E-state index in [-0.39, 0.29) is 12.4 Å². The smallest absolute Gasteiger partial charge is 0.137 e. The van der Waals surface area contributed by atoms with E-state index in [4.69, 9.17) is 4.42 Å². The van der Waals surface area contributed by atoms with Gasteiger partial charge in [-0.15, -0.1) is 12.4 Å². The lowest BCUT2D eigenvalue weighted by Crippen LogP contribution is -2.24. The number of aryl methyl sites for hydroxylation is 1. The number of para-hydroxylation sites is 1. The van der Waals surface area contributed by atoms with Crippen LogP contribution in [0.25, 0.3) is 21.9 Å². The molecule has 1 aromatic heterocycles. The Hall–Kier alpha value is -1.67. The summed E-state index contributed by atoms with van der Waals surface area (Å²) in [6.45, 7) is 1.14. The second-order valence-corrected chi connectivity index (χ2v) is 5.10. The molecule has 0 atom stereocenters. The number of nitrogens with zero attached hydrogens (tertiary/aromatic N) is 1. The third-order valence-electron chi connectivity index (χ3n) is 3.93. The molecule has 2 nitrogen and oxygen atoms in total. The van der Waals surface area contributed by atoms with Crippen LogP contribution in [0, 0.1) is 0 Å². The van der Waals surface area contributed by atoms with Crippen molar-refractivity contribution in [2.75, 3.05) is 18.5 Å². The van der Waals surface area contributed by atoms with Gasteiger partial charge in [0.1, 0.15) is 11.2 Å². The van der Waals surface area contributed by atoms with Crippen molar-refractivity contribution >= 4 is 40.0 Å². The van der Waals surface area contributed by atoms with E-state index in [1.165, 1.54) is 34.9 Å². The number of fused-ring (bicyclic) bond motifs is 4. The van der Waals surface area contributed by atoms with Crippen molar-refractivity contribution in [3.8, 4) is 0 Å². The van der Waals surface area contributed by atoms with Crippen LogP contribution in [0.1, 0.15) is 12.0 Å². The van der Waals surface area contributed by atoms with Crippen LogP contribution in [0.15, 0.2) is 40.8 Å². The van der Waals surface area contributed by atoms with Crippen molar-refractivity contribution in [1.29, 1.82) is 0 Å². The second-order valence-electron chi connectivity index (χ2n) is 5.10. The normalized spacial score (nSPS) is 14.5. The van der Waals surface area contributed by atoms with Crippen LogP contribution in [-0.4, -0.2) is 13.6 Å². The average Bonchev–Trinajstić information content (AvgIpc) is 2.75. The predicted octanol–water partition coefficient (Wildman–Crippen LogP) is 4.39. The molecule has 3 aromatic rings. The topological polar surface area (TPSA) is 16.4 Å². The van der Waals surface area contributed by atoms with Gasteiger partial charge in [0.2, 0.25) is 0 Å². The molecular weight excluding hydrogens is 258 g/mol. The van der Waals surface area contributed by atoms with E-state index >= 15 is 0 Å². The molecule has 2 heterocycles. The van der Waals surface area contributed by atoms with E-state index in [1.807, 2.05) is 12.1 Å². The molecule has 4 rings (SSSR count). The van der Waals surface area contributed by atoms with Crippen molar-refractivity contribution in [3.05, 3.63) is 42.0 Å². The molecule has 0 amide bonds. The number of benzene rings is 2. The van der Waals surface area contributed by atoms with E-state index in [0.29, 0.717) is 0 Å². The van der Waals surface area contributed by atoms with Gasteiger partial charge in [0.25, 0.3) is 0 Å². The van der Waals surface area contributed by atoms with E-state index < -0.39 is 0 Å². The molecule has 98 valence electrons. The van der Waals surface area contributed by atoms with Crippen molar-refractivity contribution in [2.45, 2.75) is 12.8 Å². The molecule has 0 spiro atoms. The Labute approximate surface area is 118 Å². The Bertz CT molecular complexity index is 747. The maximum atomic E-state index is 5.94. The van der Waals surface area contributed by atoms with Gasteiger partial charge >= 0.3 is 0 Å². The van der Waals surface area contributed by atoms with Crippen molar-refractivity contribution in [1.82, 2.24) is 0 Å². The van der Waals surface area contributed by atoms with Crippen LogP contribution >= 0.6 is 12.4 Å². The molecule has 0 fully saturated rings. The van der Waals surface area contributed by atoms with Crippen molar-refractivity contribution < 1.29 is 4.42 Å². The summed E-state index contributed by atoms with van der Waals surface area (Å²) in [5, 5.41) is 2.48. The number of hydrogen-bond donors (Lipinski definition) is 0. The van der Waals surface area contributed by atoms with Crippen LogP contribution < -0.4 is 4.90 Å². The Kier molecular flexibility index (Phi) is 2.90. The molecule has 1 aliphatic heterocycles. The van der Waals surface area contributed by atoms with Gasteiger partial charge in [-0.1, -0.05) is 18.2 Å². The maximum absolute atomic E-state index is 5.94. The molecule has 2 aromatic carbocycles. The summed E-state index contributed by atoms with van der Waals surface area (Å²) in [4.78, 5) is 2.32. The third-order valence-corrected chi connectivity index (χ3v) is 3.93. The Morgan fingerprint density at radius 3 is 2.79 bits per heavy atom. The van der Waals surface area contributed by atoms with Gasteiger partial charge in [-0.3, -0.25) is 0 Å². The molecule has 0 unspecified atom stereocenters. The van der Waals surface area contributed by atoms with Crippen molar-refractivity contribution in [3.63, 3.8) is 0 Å². The molecule has 0 saturated carbocycles. The first-order valence-electron chi connectivity index (χ1n) is 6.48. The summed E-state index contributed by atoms with van der Waals surface area (Å²) in [5.74, 6) is 0. The number of furan rings is 1. The summed E-state index contributed by atoms with van der Waals surface area (Å²) in [5.41, 5.74) is 4.76. The average molecular weight is 274 g/mol. The summed E-state index contributed by atoms with van der Waals surface area (Å²) in [6.07, 6.45) is 2.42. The lowest BCUT2D eigenvalue weighted by atomic mass is 9.99. The van der Waals surface area contributed by atoms with Crippen LogP contribution in [-0.2, 0) is 6.42 Å². The summed E-state index contributed by atoms with van der Waals surface area (Å²) >= 11 is 0. The highest BCUT2D eigenvalue weighted by Crippen LogP contribution is 2.35. The largest absolute Gasteiger partial charge is 0.456 e. The van der Waals surface area contributed by atoms with Crippen LogP contribution in [0.2, 0.25) is 0 Å². The minimum absolute atomic E-state index is 0. The summed E-state index contributed by atoms with van der Waals surface area (Å²) in [7, 11) is 2.16. The minimum atomic E-state index is 0. The molecule has 3 heteroatoms. The monoisotopic (exact) mass is 273 g/mol. The zero-order valence-electron chi connectivity index (χ0n) is 10.8. The molecule has 0 aliphatic carbocycles. The second kappa shape index (κ2) is 4.46. The lowest BCUT2D eigenvalue weighted by molar-refractivity contribution is 0.667. The number of halogens is 1. The van der Waals surface area contributed by atoms with E-state index in [2.05, 4.69) is 36.2 Å². The van der Waals surface area contributed by atoms with Crippen molar-refractivity contribution in [2.24, 2.45) is 0 Å². The number of anilines is 1. The lowest BCUT2D eigenvalue weighted by Gasteiger charge is -2.27. The molecule has 19 heavy (non-hydrogen) atoms. The first-order valence-corrected chi connectivity index (χ1v) is 6.48. The highest BCUT2D eigenvalue weighted by atomic mass is 35.5. The van der Waals surface area contributed by atoms with Gasteiger partial charge in [0.15, 0.2) is 0 Å².